The van der Waals surface area contributed by atoms with Crippen molar-refractivity contribution in [1.82, 2.24) is 14.9 Å². The molecular formula is C29H36N6O2S. The van der Waals surface area contributed by atoms with Crippen LogP contribution >= 0.6 is 11.8 Å². The second kappa shape index (κ2) is 10.6. The first-order valence-electron chi connectivity index (χ1n) is 13.8. The number of carbonyl (C=O) groups is 1. The molecule has 2 N–H and O–H groups in total. The number of ether oxygens (including phenoxy) is 1. The Labute approximate surface area is 228 Å². The van der Waals surface area contributed by atoms with Crippen LogP contribution in [0.15, 0.2) is 57.8 Å². The van der Waals surface area contributed by atoms with E-state index in [-0.39, 0.29) is 22.9 Å². The van der Waals surface area contributed by atoms with Crippen molar-refractivity contribution in [2.45, 2.75) is 68.4 Å². The molecule has 3 heterocycles. The Bertz CT molecular complexity index is 1230. The van der Waals surface area contributed by atoms with E-state index in [1.54, 1.807) is 11.8 Å². The zero-order chi connectivity index (χ0) is 26.1. The minimum absolute atomic E-state index is 0.0240. The van der Waals surface area contributed by atoms with Gasteiger partial charge in [-0.2, -0.15) is 0 Å². The van der Waals surface area contributed by atoms with Crippen LogP contribution in [0, 0.1) is 11.8 Å². The molecular weight excluding hydrogens is 496 g/mol. The first kappa shape index (κ1) is 25.3. The maximum Gasteiger partial charge on any atom is 0.316 e. The summed E-state index contributed by atoms with van der Waals surface area (Å²) >= 11 is 1.60. The van der Waals surface area contributed by atoms with Crippen molar-refractivity contribution in [2.75, 3.05) is 25.0 Å². The lowest BCUT2D eigenvalue weighted by atomic mass is 9.88. The summed E-state index contributed by atoms with van der Waals surface area (Å²) < 4.78 is 10.8. The summed E-state index contributed by atoms with van der Waals surface area (Å²) in [7, 11) is 0. The van der Waals surface area contributed by atoms with Crippen molar-refractivity contribution >= 4 is 41.1 Å². The fourth-order valence-electron chi connectivity index (χ4n) is 5.03. The Hall–Kier alpha value is -3.00. The van der Waals surface area contributed by atoms with Gasteiger partial charge in [-0.25, -0.2) is 0 Å². The van der Waals surface area contributed by atoms with Gasteiger partial charge in [-0.15, -0.1) is 0 Å². The number of hydrogen-bond donors (Lipinski definition) is 2. The Morgan fingerprint density at radius 1 is 1.21 bits per heavy atom. The van der Waals surface area contributed by atoms with Crippen molar-refractivity contribution in [1.29, 1.82) is 0 Å². The normalized spacial score (nSPS) is 23.5. The molecule has 5 aliphatic rings. The molecule has 2 aliphatic carbocycles. The Morgan fingerprint density at radius 2 is 2.00 bits per heavy atom. The van der Waals surface area contributed by atoms with E-state index in [2.05, 4.69) is 27.1 Å². The number of rotatable bonds is 11. The van der Waals surface area contributed by atoms with Gasteiger partial charge in [0.15, 0.2) is 0 Å². The van der Waals surface area contributed by atoms with Crippen LogP contribution < -0.4 is 15.3 Å². The van der Waals surface area contributed by atoms with Gasteiger partial charge >= 0.3 is 11.9 Å². The molecule has 38 heavy (non-hydrogen) atoms. The van der Waals surface area contributed by atoms with Crippen LogP contribution in [0.3, 0.4) is 0 Å². The predicted octanol–water partition coefficient (Wildman–Crippen LogP) is 4.41. The Balaban J connectivity index is 1.13. The smallest absolute Gasteiger partial charge is 0.316 e. The summed E-state index contributed by atoms with van der Waals surface area (Å²) in [6.07, 6.45) is 12.7. The number of thioether (sulfide) groups is 1. The van der Waals surface area contributed by atoms with E-state index in [4.69, 9.17) is 15.0 Å². The number of nitrogens with zero attached hydrogens (tertiary/aromatic N) is 4. The van der Waals surface area contributed by atoms with Gasteiger partial charge in [-0.3, -0.25) is 9.79 Å². The van der Waals surface area contributed by atoms with Gasteiger partial charge in [0.2, 0.25) is 5.91 Å². The van der Waals surface area contributed by atoms with E-state index in [0.29, 0.717) is 5.92 Å². The molecule has 0 radical (unpaired) electrons. The van der Waals surface area contributed by atoms with E-state index < -0.39 is 0 Å². The molecule has 1 unspecified atom stereocenters. The summed E-state index contributed by atoms with van der Waals surface area (Å²) in [5.41, 5.74) is 2.39. The third-order valence-corrected chi connectivity index (χ3v) is 8.53. The van der Waals surface area contributed by atoms with Gasteiger partial charge in [0.25, 0.3) is 0 Å². The van der Waals surface area contributed by atoms with Crippen LogP contribution in [0.4, 0.5) is 5.69 Å². The molecule has 2 saturated carbocycles. The number of carbonyl (C=O) groups excluding carboxylic acids is 1. The summed E-state index contributed by atoms with van der Waals surface area (Å²) in [6.45, 7) is 6.79. The standard InChI is InChI=1S/C29H36N6O2S/c1-3-4-13-37-29(21-7-8-21)17-35(18-29)26-15-25(31-23-14-19(2)30-16-23)33-28(34-26)38-24-11-9-22(10-12-24)32-27(36)20-5-6-20/h9-12,14-16,20-21,28H,3-8,13,17-18H2,1-2H3,(H2,32,33,34,36). The number of aliphatic imine (C=N–C) groups is 1. The lowest BCUT2D eigenvalue weighted by Gasteiger charge is -2.59. The number of anilines is 1. The first-order chi connectivity index (χ1) is 18.5. The molecule has 1 aromatic rings. The van der Waals surface area contributed by atoms with E-state index in [1.807, 2.05) is 49.6 Å². The third kappa shape index (κ3) is 5.85. The maximum absolute atomic E-state index is 12.1. The van der Waals surface area contributed by atoms with Crippen LogP contribution in [0.5, 0.6) is 0 Å². The molecule has 200 valence electrons. The highest BCUT2D eigenvalue weighted by Gasteiger charge is 2.51. The molecule has 1 aromatic carbocycles. The number of amidine groups is 1. The number of unbranched alkanes of at least 4 members (excludes halogenated alkanes) is 1. The largest absolute Gasteiger partial charge is 0.463 e. The van der Waals surface area contributed by atoms with Gasteiger partial charge in [-0.05, 0) is 81.5 Å². The molecule has 0 aromatic heterocycles. The van der Waals surface area contributed by atoms with Gasteiger partial charge in [0, 0.05) is 30.0 Å². The van der Waals surface area contributed by atoms with Crippen LogP contribution in [0.25, 0.3) is 5.32 Å². The summed E-state index contributed by atoms with van der Waals surface area (Å²) in [5.74, 6) is 2.71. The molecule has 6 rings (SSSR count). The summed E-state index contributed by atoms with van der Waals surface area (Å²) in [5, 5.41) is 11.5. The highest BCUT2D eigenvalue weighted by atomic mass is 32.2. The van der Waals surface area contributed by atoms with Crippen molar-refractivity contribution in [3.05, 3.63) is 53.3 Å². The fourth-order valence-corrected chi connectivity index (χ4v) is 5.89. The highest BCUT2D eigenvalue weighted by Crippen LogP contribution is 2.49. The van der Waals surface area contributed by atoms with Crippen molar-refractivity contribution < 1.29 is 9.53 Å². The average molecular weight is 533 g/mol. The topological polar surface area (TPSA) is 94.2 Å². The van der Waals surface area contributed by atoms with E-state index in [0.717, 1.165) is 79.0 Å². The van der Waals surface area contributed by atoms with E-state index in [9.17, 15) is 4.79 Å². The number of nitrogens with one attached hydrogen (secondary N) is 2. The molecule has 0 spiro atoms. The van der Waals surface area contributed by atoms with E-state index >= 15 is 0 Å². The average Bonchev–Trinajstić information content (AvgIpc) is 3.80. The number of amides is 1. The third-order valence-electron chi connectivity index (χ3n) is 7.56. The highest BCUT2D eigenvalue weighted by molar-refractivity contribution is 8.00. The van der Waals surface area contributed by atoms with Gasteiger partial charge in [-0.1, -0.05) is 35.6 Å². The second-order valence-electron chi connectivity index (χ2n) is 10.9. The zero-order valence-corrected chi connectivity index (χ0v) is 23.0. The lowest BCUT2D eigenvalue weighted by molar-refractivity contribution is -0.146. The minimum Gasteiger partial charge on any atom is -0.463 e. The number of hydrogen-bond acceptors (Lipinski definition) is 6. The lowest BCUT2D eigenvalue weighted by Crippen LogP contribution is -2.64. The van der Waals surface area contributed by atoms with Gasteiger partial charge < -0.3 is 25.6 Å². The number of likely N-dealkylation sites (tertiary alicyclic amines) is 1. The summed E-state index contributed by atoms with van der Waals surface area (Å²) in [6, 6.07) is 7.96. The zero-order valence-electron chi connectivity index (χ0n) is 22.2. The predicted molar refractivity (Wildman–Crippen MR) is 154 cm³/mol. The van der Waals surface area contributed by atoms with Gasteiger partial charge in [0.05, 0.1) is 11.7 Å². The molecule has 0 bridgehead atoms. The van der Waals surface area contributed by atoms with Crippen molar-refractivity contribution in [3.8, 4) is 0 Å². The van der Waals surface area contributed by atoms with Crippen molar-refractivity contribution in [2.24, 2.45) is 16.8 Å². The van der Waals surface area contributed by atoms with Crippen LogP contribution in [0.2, 0.25) is 0 Å². The Morgan fingerprint density at radius 3 is 2.66 bits per heavy atom. The molecule has 1 atom stereocenters. The van der Waals surface area contributed by atoms with Gasteiger partial charge in [0.1, 0.15) is 17.0 Å². The maximum atomic E-state index is 12.1. The molecule has 9 heteroatoms. The van der Waals surface area contributed by atoms with Crippen LogP contribution in [-0.4, -0.2) is 59.4 Å². The molecule has 1 amide bonds. The minimum atomic E-state index is -0.314. The summed E-state index contributed by atoms with van der Waals surface area (Å²) in [4.78, 5) is 20.4. The quantitative estimate of drug-likeness (QED) is 0.325. The molecule has 8 nitrogen and oxygen atoms in total. The monoisotopic (exact) mass is 532 g/mol. The first-order valence-corrected chi connectivity index (χ1v) is 14.7. The Kier molecular flexibility index (Phi) is 7.08. The second-order valence-corrected chi connectivity index (χ2v) is 12.0. The number of allylic oxidation sites excluding steroid dienone is 2. The van der Waals surface area contributed by atoms with Crippen LogP contribution in [0.1, 0.15) is 52.4 Å². The molecule has 3 fully saturated rings. The SMILES string of the molecule is CCCCOC1(C2CC2)CN(C2=CC(NC3=CC(C)=[N+]=C3)=NC(Sc3ccc(NC(=O)C4CC4)cc3)[N-]2)C1. The molecule has 1 saturated heterocycles. The van der Waals surface area contributed by atoms with Crippen molar-refractivity contribution in [3.63, 3.8) is 0 Å². The molecule has 3 aliphatic heterocycles. The number of benzene rings is 1. The van der Waals surface area contributed by atoms with Crippen LogP contribution in [-0.2, 0) is 9.53 Å². The van der Waals surface area contributed by atoms with E-state index in [1.165, 1.54) is 12.8 Å². The fraction of sp³-hybridized carbons (Fsp3) is 0.517.